The van der Waals surface area contributed by atoms with Crippen LogP contribution in [0.5, 0.6) is 0 Å². The van der Waals surface area contributed by atoms with Crippen molar-refractivity contribution in [2.24, 2.45) is 0 Å². The van der Waals surface area contributed by atoms with Gasteiger partial charge in [0, 0.05) is 18.6 Å². The van der Waals surface area contributed by atoms with Crippen LogP contribution in [0.1, 0.15) is 33.1 Å². The van der Waals surface area contributed by atoms with Crippen molar-refractivity contribution < 1.29 is 35.8 Å². The smallest absolute Gasteiger partial charge is 0.385 e. The fraction of sp³-hybridized carbons (Fsp3) is 0.667. The first-order valence-electron chi connectivity index (χ1n) is 8.32. The molecule has 27 heavy (non-hydrogen) atoms. The molecule has 0 spiro atoms. The Morgan fingerprint density at radius 3 is 2.04 bits per heavy atom. The Bertz CT molecular complexity index is 583. The molecule has 3 atom stereocenters. The van der Waals surface area contributed by atoms with E-state index in [-0.39, 0.29) is 6.42 Å². The molecule has 0 aliphatic carbocycles. The SMILES string of the molecule is C=C(C)C[C@H]1CC=C[C@@H](CC(=C)C)N1C[C@@H](O)C(F)(F)C(F)(F)C(F)(F)F. The first kappa shape index (κ1) is 23.7. The maximum absolute atomic E-state index is 13.8. The summed E-state index contributed by atoms with van der Waals surface area (Å²) in [7, 11) is 0. The molecule has 0 saturated carbocycles. The lowest BCUT2D eigenvalue weighted by Crippen LogP contribution is -2.61. The van der Waals surface area contributed by atoms with Crippen LogP contribution in [-0.4, -0.2) is 52.8 Å². The third-order valence-corrected chi connectivity index (χ3v) is 4.38. The summed E-state index contributed by atoms with van der Waals surface area (Å²) < 4.78 is 91.2. The second kappa shape index (κ2) is 8.34. The Morgan fingerprint density at radius 2 is 1.59 bits per heavy atom. The summed E-state index contributed by atoms with van der Waals surface area (Å²) in [6.07, 6.45) is -5.27. The molecule has 1 aliphatic rings. The molecule has 0 radical (unpaired) electrons. The van der Waals surface area contributed by atoms with Crippen LogP contribution >= 0.6 is 0 Å². The number of nitrogens with zero attached hydrogens (tertiary/aromatic N) is 1. The molecule has 0 bridgehead atoms. The summed E-state index contributed by atoms with van der Waals surface area (Å²) in [5.74, 6) is -12.0. The molecule has 0 aromatic carbocycles. The molecule has 9 heteroatoms. The van der Waals surface area contributed by atoms with Gasteiger partial charge in [0.1, 0.15) is 6.10 Å². The lowest BCUT2D eigenvalue weighted by molar-refractivity contribution is -0.371. The van der Waals surface area contributed by atoms with Crippen molar-refractivity contribution in [2.45, 2.75) is 69.3 Å². The highest BCUT2D eigenvalue weighted by atomic mass is 19.4. The lowest BCUT2D eigenvalue weighted by atomic mass is 9.92. The Labute approximate surface area is 154 Å². The van der Waals surface area contributed by atoms with Gasteiger partial charge in [-0.05, 0) is 33.1 Å². The van der Waals surface area contributed by atoms with Gasteiger partial charge in [-0.2, -0.15) is 30.7 Å². The van der Waals surface area contributed by atoms with Crippen molar-refractivity contribution in [3.05, 3.63) is 36.5 Å². The molecule has 0 fully saturated rings. The van der Waals surface area contributed by atoms with E-state index in [9.17, 15) is 35.8 Å². The predicted octanol–water partition coefficient (Wildman–Crippen LogP) is 5.11. The first-order valence-corrected chi connectivity index (χ1v) is 8.32. The van der Waals surface area contributed by atoms with Crippen LogP contribution in [0, 0.1) is 0 Å². The van der Waals surface area contributed by atoms with Gasteiger partial charge < -0.3 is 5.11 Å². The molecule has 156 valence electrons. The highest BCUT2D eigenvalue weighted by molar-refractivity contribution is 5.11. The van der Waals surface area contributed by atoms with Crippen molar-refractivity contribution in [3.63, 3.8) is 0 Å². The molecular formula is C18H24F7NO. The Morgan fingerprint density at radius 1 is 1.07 bits per heavy atom. The van der Waals surface area contributed by atoms with E-state index in [1.165, 1.54) is 4.90 Å². The third kappa shape index (κ3) is 5.34. The quantitative estimate of drug-likeness (QED) is 0.450. The summed E-state index contributed by atoms with van der Waals surface area (Å²) in [4.78, 5) is 1.33. The summed E-state index contributed by atoms with van der Waals surface area (Å²) in [6.45, 7) is 9.76. The van der Waals surface area contributed by atoms with Crippen molar-refractivity contribution in [1.82, 2.24) is 4.90 Å². The fourth-order valence-corrected chi connectivity index (χ4v) is 3.05. The van der Waals surface area contributed by atoms with Gasteiger partial charge in [0.2, 0.25) is 0 Å². The number of alkyl halides is 7. The summed E-state index contributed by atoms with van der Waals surface area (Å²) in [5.41, 5.74) is 1.36. The van der Waals surface area contributed by atoms with Gasteiger partial charge in [0.05, 0.1) is 0 Å². The van der Waals surface area contributed by atoms with Crippen LogP contribution < -0.4 is 0 Å². The molecule has 0 amide bonds. The highest BCUT2D eigenvalue weighted by Gasteiger charge is 2.75. The van der Waals surface area contributed by atoms with E-state index in [1.807, 2.05) is 0 Å². The van der Waals surface area contributed by atoms with Gasteiger partial charge in [-0.3, -0.25) is 4.90 Å². The minimum Gasteiger partial charge on any atom is -0.385 e. The third-order valence-electron chi connectivity index (χ3n) is 4.38. The Balaban J connectivity index is 3.14. The largest absolute Gasteiger partial charge is 0.459 e. The Hall–Kier alpha value is -1.35. The molecule has 0 saturated heterocycles. The molecule has 1 N–H and O–H groups in total. The highest BCUT2D eigenvalue weighted by Crippen LogP contribution is 2.48. The second-order valence-corrected chi connectivity index (χ2v) is 7.12. The van der Waals surface area contributed by atoms with E-state index >= 15 is 0 Å². The number of hydrogen-bond acceptors (Lipinski definition) is 2. The van der Waals surface area contributed by atoms with Crippen LogP contribution in [0.4, 0.5) is 30.7 Å². The van der Waals surface area contributed by atoms with Gasteiger partial charge in [-0.15, -0.1) is 13.2 Å². The minimum atomic E-state index is -6.48. The number of aliphatic hydroxyl groups is 1. The van der Waals surface area contributed by atoms with Crippen LogP contribution in [0.3, 0.4) is 0 Å². The van der Waals surface area contributed by atoms with E-state index in [2.05, 4.69) is 13.2 Å². The van der Waals surface area contributed by atoms with Crippen molar-refractivity contribution in [3.8, 4) is 0 Å². The molecule has 0 unspecified atom stereocenters. The van der Waals surface area contributed by atoms with E-state index in [0.29, 0.717) is 24.0 Å². The first-order chi connectivity index (χ1) is 12.1. The van der Waals surface area contributed by atoms with Crippen molar-refractivity contribution in [2.75, 3.05) is 6.54 Å². The van der Waals surface area contributed by atoms with E-state index < -0.39 is 42.8 Å². The van der Waals surface area contributed by atoms with Gasteiger partial charge in [0.25, 0.3) is 0 Å². The summed E-state index contributed by atoms with van der Waals surface area (Å²) >= 11 is 0. The standard InChI is InChI=1S/C18H24F7NO/c1-11(2)8-13-6-5-7-14(9-12(3)4)26(13)10-15(27)16(19,20)17(21,22)18(23,24)25/h5-6,13-15,27H,1,3,7-10H2,2,4H3/t13-,14+,15+/m0/s1. The molecule has 1 rings (SSSR count). The molecule has 0 aromatic heterocycles. The number of hydrogen-bond donors (Lipinski definition) is 1. The number of β-amino-alcohol motifs (C(OH)–C–C–N with tert-alkyl or cyclic N) is 1. The molecule has 1 heterocycles. The maximum atomic E-state index is 13.8. The fourth-order valence-electron chi connectivity index (χ4n) is 3.05. The van der Waals surface area contributed by atoms with E-state index in [0.717, 1.165) is 0 Å². The van der Waals surface area contributed by atoms with Crippen molar-refractivity contribution >= 4 is 0 Å². The average molecular weight is 403 g/mol. The van der Waals surface area contributed by atoms with Crippen LogP contribution in [0.15, 0.2) is 36.5 Å². The number of aliphatic hydroxyl groups excluding tert-OH is 1. The van der Waals surface area contributed by atoms with Gasteiger partial charge in [-0.25, -0.2) is 0 Å². The Kier molecular flexibility index (Phi) is 7.32. The number of halogens is 7. The second-order valence-electron chi connectivity index (χ2n) is 7.12. The van der Waals surface area contributed by atoms with Crippen molar-refractivity contribution in [1.29, 1.82) is 0 Å². The normalized spacial score (nSPS) is 23.3. The van der Waals surface area contributed by atoms with E-state index in [1.54, 1.807) is 26.0 Å². The topological polar surface area (TPSA) is 23.5 Å². The summed E-state index contributed by atoms with van der Waals surface area (Å²) in [6, 6.07) is -1.01. The van der Waals surface area contributed by atoms with Gasteiger partial charge in [-0.1, -0.05) is 23.3 Å². The average Bonchev–Trinajstić information content (AvgIpc) is 2.47. The van der Waals surface area contributed by atoms with Crippen LogP contribution in [0.25, 0.3) is 0 Å². The molecular weight excluding hydrogens is 379 g/mol. The lowest BCUT2D eigenvalue weighted by Gasteiger charge is -2.42. The molecule has 1 aliphatic heterocycles. The van der Waals surface area contributed by atoms with Gasteiger partial charge in [0.15, 0.2) is 0 Å². The zero-order valence-corrected chi connectivity index (χ0v) is 15.2. The minimum absolute atomic E-state index is 0.289. The molecule has 2 nitrogen and oxygen atoms in total. The zero-order chi connectivity index (χ0) is 21.2. The van der Waals surface area contributed by atoms with Crippen LogP contribution in [-0.2, 0) is 0 Å². The maximum Gasteiger partial charge on any atom is 0.459 e. The molecule has 0 aromatic rings. The zero-order valence-electron chi connectivity index (χ0n) is 15.2. The predicted molar refractivity (Wildman–Crippen MR) is 88.9 cm³/mol. The summed E-state index contributed by atoms with van der Waals surface area (Å²) in [5, 5.41) is 9.69. The van der Waals surface area contributed by atoms with Crippen LogP contribution in [0.2, 0.25) is 0 Å². The monoisotopic (exact) mass is 403 g/mol. The van der Waals surface area contributed by atoms with E-state index in [4.69, 9.17) is 0 Å². The van der Waals surface area contributed by atoms with Gasteiger partial charge >= 0.3 is 18.0 Å². The number of rotatable bonds is 8.